The number of rotatable bonds is 3. The number of aromatic nitrogens is 1. The molecule has 0 fully saturated rings. The lowest BCUT2D eigenvalue weighted by Gasteiger charge is -2.27. The maximum Gasteiger partial charge on any atom is 0.270 e. The average molecular weight is 347 g/mol. The van der Waals surface area contributed by atoms with Gasteiger partial charge < -0.3 is 10.3 Å². The Morgan fingerprint density at radius 3 is 2.62 bits per heavy atom. The first-order valence-corrected chi connectivity index (χ1v) is 9.31. The molecule has 132 valence electrons. The highest BCUT2D eigenvalue weighted by Gasteiger charge is 2.29. The van der Waals surface area contributed by atoms with E-state index < -0.39 is 0 Å². The van der Waals surface area contributed by atoms with Gasteiger partial charge in [0.25, 0.3) is 5.69 Å². The van der Waals surface area contributed by atoms with Gasteiger partial charge in [0.1, 0.15) is 0 Å². The first-order valence-electron chi connectivity index (χ1n) is 9.31. The van der Waals surface area contributed by atoms with Crippen LogP contribution in [0.25, 0.3) is 10.9 Å². The molecule has 0 saturated heterocycles. The third-order valence-corrected chi connectivity index (χ3v) is 5.89. The van der Waals surface area contributed by atoms with Gasteiger partial charge in [-0.25, -0.2) is 0 Å². The van der Waals surface area contributed by atoms with Crippen molar-refractivity contribution in [3.05, 3.63) is 75.0 Å². The monoisotopic (exact) mass is 347 g/mol. The van der Waals surface area contributed by atoms with E-state index in [2.05, 4.69) is 34.6 Å². The van der Waals surface area contributed by atoms with E-state index in [1.165, 1.54) is 22.4 Å². The third-order valence-electron chi connectivity index (χ3n) is 5.89. The van der Waals surface area contributed by atoms with Crippen molar-refractivity contribution in [2.75, 3.05) is 0 Å². The molecule has 1 atom stereocenters. The van der Waals surface area contributed by atoms with Crippen molar-refractivity contribution in [1.29, 1.82) is 0 Å². The number of fused-ring (bicyclic) bond motifs is 4. The minimum atomic E-state index is -0.312. The van der Waals surface area contributed by atoms with Gasteiger partial charge in [-0.3, -0.25) is 10.1 Å². The number of non-ortho nitro benzene ring substituents is 1. The second kappa shape index (κ2) is 5.95. The summed E-state index contributed by atoms with van der Waals surface area (Å²) < 4.78 is 0. The van der Waals surface area contributed by atoms with Crippen LogP contribution in [0, 0.1) is 10.1 Å². The molecule has 5 heteroatoms. The number of benzene rings is 2. The fourth-order valence-corrected chi connectivity index (χ4v) is 4.69. The Kier molecular flexibility index (Phi) is 3.57. The summed E-state index contributed by atoms with van der Waals surface area (Å²) in [5.74, 6) is 0. The van der Waals surface area contributed by atoms with Crippen LogP contribution in [0.1, 0.15) is 41.3 Å². The lowest BCUT2D eigenvalue weighted by molar-refractivity contribution is -0.384. The largest absolute Gasteiger partial charge is 0.357 e. The highest BCUT2D eigenvalue weighted by atomic mass is 16.6. The molecule has 26 heavy (non-hydrogen) atoms. The van der Waals surface area contributed by atoms with Crippen LogP contribution in [0.3, 0.4) is 0 Å². The molecule has 3 aromatic rings. The van der Waals surface area contributed by atoms with Gasteiger partial charge in [-0.15, -0.1) is 0 Å². The predicted octanol–water partition coefficient (Wildman–Crippen LogP) is 4.21. The molecule has 2 aliphatic rings. The van der Waals surface area contributed by atoms with E-state index in [0.717, 1.165) is 43.0 Å². The second-order valence-electron chi connectivity index (χ2n) is 7.49. The Labute approximate surface area is 151 Å². The number of nitro benzene ring substituents is 1. The molecule has 1 aromatic heterocycles. The molecule has 1 heterocycles. The molecular weight excluding hydrogens is 326 g/mol. The van der Waals surface area contributed by atoms with Gasteiger partial charge >= 0.3 is 0 Å². The lowest BCUT2D eigenvalue weighted by atomic mass is 9.91. The van der Waals surface area contributed by atoms with Crippen LogP contribution >= 0.6 is 0 Å². The number of aryl methyl sites for hydroxylation is 1. The number of H-pyrrole nitrogens is 1. The molecule has 0 radical (unpaired) electrons. The van der Waals surface area contributed by atoms with Gasteiger partial charge in [-0.05, 0) is 54.9 Å². The zero-order valence-corrected chi connectivity index (χ0v) is 14.5. The van der Waals surface area contributed by atoms with Crippen LogP contribution < -0.4 is 5.32 Å². The van der Waals surface area contributed by atoms with Crippen molar-refractivity contribution in [2.24, 2.45) is 0 Å². The molecule has 0 bridgehead atoms. The van der Waals surface area contributed by atoms with E-state index in [-0.39, 0.29) is 10.6 Å². The quantitative estimate of drug-likeness (QED) is 0.551. The second-order valence-corrected chi connectivity index (χ2v) is 7.49. The topological polar surface area (TPSA) is 71.0 Å². The number of nitrogens with zero attached hydrogens (tertiary/aromatic N) is 1. The van der Waals surface area contributed by atoms with Crippen LogP contribution in [0.4, 0.5) is 5.69 Å². The SMILES string of the molecule is O=[N+]([O-])c1ccc2[nH]c3c(c2c1)CCCC3NC1Cc2ccccc2C1. The van der Waals surface area contributed by atoms with Crippen molar-refractivity contribution < 1.29 is 4.92 Å². The van der Waals surface area contributed by atoms with Gasteiger partial charge in [-0.1, -0.05) is 24.3 Å². The highest BCUT2D eigenvalue weighted by molar-refractivity contribution is 5.87. The molecule has 5 rings (SSSR count). The number of aromatic amines is 1. The molecule has 2 N–H and O–H groups in total. The summed E-state index contributed by atoms with van der Waals surface area (Å²) in [7, 11) is 0. The molecule has 2 aromatic carbocycles. The average Bonchev–Trinajstić information content (AvgIpc) is 3.22. The number of nitro groups is 1. The summed E-state index contributed by atoms with van der Waals surface area (Å²) in [6, 6.07) is 14.6. The minimum Gasteiger partial charge on any atom is -0.357 e. The van der Waals surface area contributed by atoms with Gasteiger partial charge in [0.2, 0.25) is 0 Å². The summed E-state index contributed by atoms with van der Waals surface area (Å²) in [5.41, 5.74) is 6.55. The fraction of sp³-hybridized carbons (Fsp3) is 0.333. The third kappa shape index (κ3) is 2.51. The fourth-order valence-electron chi connectivity index (χ4n) is 4.69. The van der Waals surface area contributed by atoms with E-state index >= 15 is 0 Å². The van der Waals surface area contributed by atoms with Crippen LogP contribution in [0.5, 0.6) is 0 Å². The van der Waals surface area contributed by atoms with Crippen molar-refractivity contribution in [1.82, 2.24) is 10.3 Å². The molecular formula is C21H21N3O2. The number of hydrogen-bond acceptors (Lipinski definition) is 3. The Morgan fingerprint density at radius 1 is 1.12 bits per heavy atom. The van der Waals surface area contributed by atoms with Crippen LogP contribution in [0.15, 0.2) is 42.5 Å². The van der Waals surface area contributed by atoms with Crippen molar-refractivity contribution in [3.8, 4) is 0 Å². The summed E-state index contributed by atoms with van der Waals surface area (Å²) in [4.78, 5) is 14.3. The van der Waals surface area contributed by atoms with Gasteiger partial charge in [-0.2, -0.15) is 0 Å². The molecule has 0 aliphatic heterocycles. The van der Waals surface area contributed by atoms with E-state index in [4.69, 9.17) is 0 Å². The Morgan fingerprint density at radius 2 is 1.88 bits per heavy atom. The molecule has 0 amide bonds. The lowest BCUT2D eigenvalue weighted by Crippen LogP contribution is -2.35. The van der Waals surface area contributed by atoms with Gasteiger partial charge in [0, 0.05) is 40.8 Å². The van der Waals surface area contributed by atoms with Crippen molar-refractivity contribution in [2.45, 2.75) is 44.2 Å². The summed E-state index contributed by atoms with van der Waals surface area (Å²) in [6.45, 7) is 0. The normalized spacial score (nSPS) is 19.5. The van der Waals surface area contributed by atoms with Crippen LogP contribution in [0.2, 0.25) is 0 Å². The molecule has 0 spiro atoms. The van der Waals surface area contributed by atoms with Gasteiger partial charge in [0.05, 0.1) is 4.92 Å². The number of nitrogens with one attached hydrogen (secondary N) is 2. The van der Waals surface area contributed by atoms with Crippen molar-refractivity contribution >= 4 is 16.6 Å². The first-order chi connectivity index (χ1) is 12.7. The summed E-state index contributed by atoms with van der Waals surface area (Å²) in [5, 5.41) is 16.0. The van der Waals surface area contributed by atoms with Crippen LogP contribution in [-0.2, 0) is 19.3 Å². The Bertz CT molecular complexity index is 983. The maximum absolute atomic E-state index is 11.1. The minimum absolute atomic E-state index is 0.167. The van der Waals surface area contributed by atoms with Gasteiger partial charge in [0.15, 0.2) is 0 Å². The van der Waals surface area contributed by atoms with E-state index in [1.807, 2.05) is 6.07 Å². The standard InChI is InChI=1S/C21H21N3O2/c25-24(26)16-8-9-19-18(12-16)17-6-3-7-20(21(17)23-19)22-15-10-13-4-1-2-5-14(13)11-15/h1-2,4-5,8-9,12,15,20,22-23H,3,6-7,10-11H2. The summed E-state index contributed by atoms with van der Waals surface area (Å²) >= 11 is 0. The van der Waals surface area contributed by atoms with E-state index in [9.17, 15) is 10.1 Å². The Hall–Kier alpha value is -2.66. The smallest absolute Gasteiger partial charge is 0.270 e. The predicted molar refractivity (Wildman–Crippen MR) is 101 cm³/mol. The summed E-state index contributed by atoms with van der Waals surface area (Å²) in [6.07, 6.45) is 5.36. The Balaban J connectivity index is 1.45. The van der Waals surface area contributed by atoms with Crippen molar-refractivity contribution in [3.63, 3.8) is 0 Å². The molecule has 1 unspecified atom stereocenters. The van der Waals surface area contributed by atoms with E-state index in [1.54, 1.807) is 12.1 Å². The zero-order valence-electron chi connectivity index (χ0n) is 14.5. The molecule has 0 saturated carbocycles. The highest BCUT2D eigenvalue weighted by Crippen LogP contribution is 2.37. The molecule has 5 nitrogen and oxygen atoms in total. The van der Waals surface area contributed by atoms with E-state index in [0.29, 0.717) is 12.1 Å². The molecule has 2 aliphatic carbocycles. The first kappa shape index (κ1) is 15.6. The zero-order chi connectivity index (χ0) is 17.7. The number of hydrogen-bond donors (Lipinski definition) is 2. The van der Waals surface area contributed by atoms with Crippen LogP contribution in [-0.4, -0.2) is 15.9 Å². The maximum atomic E-state index is 11.1.